The van der Waals surface area contributed by atoms with Gasteiger partial charge in [0.05, 0.1) is 35.5 Å². The highest BCUT2D eigenvalue weighted by atomic mass is 32.1. The Hall–Kier alpha value is -4.17. The number of benzene rings is 3. The number of nitrogens with zero attached hydrogens (tertiary/aromatic N) is 2. The van der Waals surface area contributed by atoms with E-state index in [-0.39, 0.29) is 11.3 Å². The molecule has 1 saturated heterocycles. The van der Waals surface area contributed by atoms with E-state index in [0.717, 1.165) is 21.3 Å². The van der Waals surface area contributed by atoms with Crippen LogP contribution in [0.3, 0.4) is 0 Å². The molecular formula is C29H26N2O5S. The molecule has 8 heteroatoms. The molecular weight excluding hydrogens is 488 g/mol. The number of hydrogen-bond donors (Lipinski definition) is 1. The molecule has 1 atom stereocenters. The summed E-state index contributed by atoms with van der Waals surface area (Å²) in [6, 6.07) is 17.3. The van der Waals surface area contributed by atoms with Crippen molar-refractivity contribution in [3.05, 3.63) is 88.5 Å². The minimum Gasteiger partial charge on any atom is -0.507 e. The first-order chi connectivity index (χ1) is 17.8. The predicted octanol–water partition coefficient (Wildman–Crippen LogP) is 5.95. The molecule has 2 heterocycles. The second kappa shape index (κ2) is 9.71. The zero-order valence-electron chi connectivity index (χ0n) is 20.9. The largest absolute Gasteiger partial charge is 0.507 e. The van der Waals surface area contributed by atoms with E-state index in [1.165, 1.54) is 16.2 Å². The van der Waals surface area contributed by atoms with Gasteiger partial charge in [0.2, 0.25) is 0 Å². The van der Waals surface area contributed by atoms with E-state index in [0.29, 0.717) is 34.4 Å². The van der Waals surface area contributed by atoms with Gasteiger partial charge in [0.25, 0.3) is 5.78 Å². The number of fused-ring (bicyclic) bond motifs is 1. The first-order valence-corrected chi connectivity index (χ1v) is 12.7. The van der Waals surface area contributed by atoms with Crippen LogP contribution in [0.2, 0.25) is 0 Å². The summed E-state index contributed by atoms with van der Waals surface area (Å²) in [5.74, 6) is -0.418. The maximum Gasteiger partial charge on any atom is 0.301 e. The van der Waals surface area contributed by atoms with Crippen molar-refractivity contribution >= 4 is 44.1 Å². The topological polar surface area (TPSA) is 89.0 Å². The zero-order chi connectivity index (χ0) is 26.3. The molecule has 0 unspecified atom stereocenters. The second-order valence-corrected chi connectivity index (χ2v) is 9.83. The molecule has 3 aromatic carbocycles. The molecule has 37 heavy (non-hydrogen) atoms. The summed E-state index contributed by atoms with van der Waals surface area (Å²) < 4.78 is 11.8. The van der Waals surface area contributed by atoms with E-state index in [1.54, 1.807) is 49.6 Å². The van der Waals surface area contributed by atoms with Gasteiger partial charge in [-0.1, -0.05) is 29.5 Å². The Kier molecular flexibility index (Phi) is 6.43. The number of aliphatic hydroxyl groups is 1. The lowest BCUT2D eigenvalue weighted by Crippen LogP contribution is -2.29. The molecule has 1 amide bonds. The van der Waals surface area contributed by atoms with Crippen molar-refractivity contribution in [2.24, 2.45) is 0 Å². The number of carbonyl (C=O) groups excluding carboxylic acids is 2. The summed E-state index contributed by atoms with van der Waals surface area (Å²) in [5, 5.41) is 11.8. The smallest absolute Gasteiger partial charge is 0.301 e. The van der Waals surface area contributed by atoms with Crippen LogP contribution in [0.1, 0.15) is 35.2 Å². The second-order valence-electron chi connectivity index (χ2n) is 8.82. The minimum absolute atomic E-state index is 0.00848. The highest BCUT2D eigenvalue weighted by molar-refractivity contribution is 7.22. The summed E-state index contributed by atoms with van der Waals surface area (Å²) >= 11 is 1.34. The molecule has 7 nitrogen and oxygen atoms in total. The predicted molar refractivity (Wildman–Crippen MR) is 144 cm³/mol. The van der Waals surface area contributed by atoms with Gasteiger partial charge in [-0.25, -0.2) is 4.98 Å². The lowest BCUT2D eigenvalue weighted by molar-refractivity contribution is -0.132. The van der Waals surface area contributed by atoms with Gasteiger partial charge in [-0.2, -0.15) is 0 Å². The Morgan fingerprint density at radius 1 is 1.05 bits per heavy atom. The molecule has 1 aromatic heterocycles. The van der Waals surface area contributed by atoms with Crippen LogP contribution in [-0.4, -0.2) is 35.5 Å². The van der Waals surface area contributed by atoms with E-state index in [4.69, 9.17) is 9.47 Å². The van der Waals surface area contributed by atoms with Gasteiger partial charge in [0.15, 0.2) is 5.13 Å². The van der Waals surface area contributed by atoms with Crippen molar-refractivity contribution in [3.63, 3.8) is 0 Å². The summed E-state index contributed by atoms with van der Waals surface area (Å²) in [7, 11) is 1.57. The van der Waals surface area contributed by atoms with Crippen molar-refractivity contribution in [2.45, 2.75) is 26.8 Å². The van der Waals surface area contributed by atoms with Crippen LogP contribution in [0.25, 0.3) is 16.0 Å². The number of rotatable bonds is 6. The number of anilines is 1. The van der Waals surface area contributed by atoms with E-state index < -0.39 is 17.7 Å². The molecule has 0 spiro atoms. The number of aliphatic hydroxyl groups excluding tert-OH is 1. The Morgan fingerprint density at radius 3 is 2.49 bits per heavy atom. The van der Waals surface area contributed by atoms with E-state index in [9.17, 15) is 14.7 Å². The normalized spacial score (nSPS) is 17.0. The highest BCUT2D eigenvalue weighted by Gasteiger charge is 2.48. The molecule has 4 aromatic rings. The molecule has 0 bridgehead atoms. The standard InChI is InChI=1S/C29H26N2O5S/c1-5-36-20-10-7-18(8-11-20)25-24(26(32)19-9-13-22(35-4)17(3)15-19)27(33)28(34)31(25)29-30-21-12-6-16(2)14-23(21)37-29/h6-15,25,32H,5H2,1-4H3/b26-24+/t25-/m0/s1. The lowest BCUT2D eigenvalue weighted by Gasteiger charge is -2.23. The number of hydrogen-bond acceptors (Lipinski definition) is 7. The van der Waals surface area contributed by atoms with Crippen molar-refractivity contribution in [2.75, 3.05) is 18.6 Å². The van der Waals surface area contributed by atoms with Crippen LogP contribution in [-0.2, 0) is 9.59 Å². The molecule has 1 fully saturated rings. The molecule has 0 aliphatic carbocycles. The Balaban J connectivity index is 1.70. The Bertz CT molecular complexity index is 1550. The number of Topliss-reactive ketones (excluding diaryl/α,β-unsaturated/α-hetero) is 1. The van der Waals surface area contributed by atoms with Gasteiger partial charge >= 0.3 is 5.91 Å². The van der Waals surface area contributed by atoms with Crippen LogP contribution in [0.5, 0.6) is 11.5 Å². The van der Waals surface area contributed by atoms with Gasteiger partial charge < -0.3 is 14.6 Å². The van der Waals surface area contributed by atoms with Crippen LogP contribution in [0.4, 0.5) is 5.13 Å². The number of thiazole rings is 1. The van der Waals surface area contributed by atoms with E-state index in [1.807, 2.05) is 39.0 Å². The summed E-state index contributed by atoms with van der Waals surface area (Å²) in [4.78, 5) is 33.0. The van der Waals surface area contributed by atoms with Gasteiger partial charge in [-0.3, -0.25) is 14.5 Å². The van der Waals surface area contributed by atoms with E-state index >= 15 is 0 Å². The van der Waals surface area contributed by atoms with Crippen LogP contribution in [0, 0.1) is 13.8 Å². The lowest BCUT2D eigenvalue weighted by atomic mass is 9.95. The molecule has 0 radical (unpaired) electrons. The van der Waals surface area contributed by atoms with Crippen molar-refractivity contribution in [1.29, 1.82) is 0 Å². The molecule has 5 rings (SSSR count). The SMILES string of the molecule is CCOc1ccc([C@H]2/C(=C(\O)c3ccc(OC)c(C)c3)C(=O)C(=O)N2c2nc3ccc(C)cc3s2)cc1. The van der Waals surface area contributed by atoms with Gasteiger partial charge in [-0.05, 0) is 79.9 Å². The number of ketones is 1. The average molecular weight is 515 g/mol. The molecule has 188 valence electrons. The maximum atomic E-state index is 13.5. The number of carbonyl (C=O) groups is 2. The average Bonchev–Trinajstić information content (AvgIpc) is 3.42. The van der Waals surface area contributed by atoms with Gasteiger partial charge in [0, 0.05) is 5.56 Å². The highest BCUT2D eigenvalue weighted by Crippen LogP contribution is 2.44. The fraction of sp³-hybridized carbons (Fsp3) is 0.207. The van der Waals surface area contributed by atoms with Crippen LogP contribution >= 0.6 is 11.3 Å². The maximum absolute atomic E-state index is 13.5. The number of aryl methyl sites for hydroxylation is 2. The summed E-state index contributed by atoms with van der Waals surface area (Å²) in [6.45, 7) is 6.25. The third-order valence-corrected chi connectivity index (χ3v) is 7.38. The molecule has 1 aliphatic rings. The molecule has 1 aliphatic heterocycles. The quantitative estimate of drug-likeness (QED) is 0.194. The number of ether oxygens (including phenoxy) is 2. The Labute approximate surface area is 218 Å². The van der Waals surface area contributed by atoms with Gasteiger partial charge in [0.1, 0.15) is 17.3 Å². The van der Waals surface area contributed by atoms with Crippen molar-refractivity contribution < 1.29 is 24.2 Å². The van der Waals surface area contributed by atoms with E-state index in [2.05, 4.69) is 4.98 Å². The number of amides is 1. The monoisotopic (exact) mass is 514 g/mol. The molecule has 0 saturated carbocycles. The van der Waals surface area contributed by atoms with Crippen molar-refractivity contribution in [3.8, 4) is 11.5 Å². The van der Waals surface area contributed by atoms with Gasteiger partial charge in [-0.15, -0.1) is 0 Å². The Morgan fingerprint density at radius 2 is 1.81 bits per heavy atom. The van der Waals surface area contributed by atoms with Crippen LogP contribution in [0.15, 0.2) is 66.2 Å². The third-order valence-electron chi connectivity index (χ3n) is 6.36. The first kappa shape index (κ1) is 24.5. The fourth-order valence-corrected chi connectivity index (χ4v) is 5.65. The minimum atomic E-state index is -0.861. The number of methoxy groups -OCH3 is 1. The summed E-state index contributed by atoms with van der Waals surface area (Å²) in [5.41, 5.74) is 3.69. The third kappa shape index (κ3) is 4.34. The molecule has 1 N–H and O–H groups in total. The van der Waals surface area contributed by atoms with Crippen molar-refractivity contribution in [1.82, 2.24) is 4.98 Å². The van der Waals surface area contributed by atoms with Crippen LogP contribution < -0.4 is 14.4 Å². The first-order valence-electron chi connectivity index (χ1n) is 11.9. The zero-order valence-corrected chi connectivity index (χ0v) is 21.8. The summed E-state index contributed by atoms with van der Waals surface area (Å²) in [6.07, 6.45) is 0. The number of aromatic nitrogens is 1. The fourth-order valence-electron chi connectivity index (χ4n) is 4.56.